The molecule has 2 N–H and O–H groups in total. The second-order valence-electron chi connectivity index (χ2n) is 7.14. The predicted molar refractivity (Wildman–Crippen MR) is 105 cm³/mol. The number of hydrogen-bond donors (Lipinski definition) is 2. The van der Waals surface area contributed by atoms with Gasteiger partial charge in [0, 0.05) is 42.2 Å². The molecule has 0 bridgehead atoms. The molecule has 6 nitrogen and oxygen atoms in total. The lowest BCUT2D eigenvalue weighted by Gasteiger charge is -2.34. The third-order valence-electron chi connectivity index (χ3n) is 5.48. The smallest absolute Gasteiger partial charge is 0.268 e. The second kappa shape index (κ2) is 7.96. The molecule has 144 valence electrons. The number of amides is 1. The molecule has 2 aromatic heterocycles. The van der Waals surface area contributed by atoms with Crippen molar-refractivity contribution in [2.24, 2.45) is 0 Å². The van der Waals surface area contributed by atoms with Crippen LogP contribution in [0.1, 0.15) is 55.9 Å². The number of carbonyl (C=O) groups excluding carboxylic acids is 2. The van der Waals surface area contributed by atoms with Gasteiger partial charge in [-0.15, -0.1) is 11.3 Å². The number of morpholine rings is 1. The third-order valence-corrected chi connectivity index (χ3v) is 6.45. The van der Waals surface area contributed by atoms with Crippen LogP contribution in [0.4, 0.5) is 0 Å². The molecule has 0 saturated carbocycles. The Kier molecular flexibility index (Phi) is 5.43. The van der Waals surface area contributed by atoms with Crippen molar-refractivity contribution in [3.05, 3.63) is 44.9 Å². The largest absolute Gasteiger partial charge is 0.379 e. The predicted octanol–water partition coefficient (Wildman–Crippen LogP) is 2.71. The van der Waals surface area contributed by atoms with Crippen molar-refractivity contribution in [2.45, 2.75) is 32.2 Å². The number of aryl methyl sites for hydroxylation is 1. The van der Waals surface area contributed by atoms with Crippen molar-refractivity contribution < 1.29 is 14.3 Å². The number of Topliss-reactive ketones (excluding diaryl/α,β-unsaturated/α-hetero) is 1. The molecule has 1 aliphatic carbocycles. The van der Waals surface area contributed by atoms with Gasteiger partial charge >= 0.3 is 0 Å². The number of nitrogens with zero attached hydrogens (tertiary/aromatic N) is 1. The van der Waals surface area contributed by atoms with Crippen LogP contribution in [0.2, 0.25) is 0 Å². The average molecular weight is 388 g/mol. The zero-order valence-electron chi connectivity index (χ0n) is 15.5. The first-order chi connectivity index (χ1) is 13.1. The highest BCUT2D eigenvalue weighted by Crippen LogP contribution is 2.28. The van der Waals surface area contributed by atoms with Gasteiger partial charge in [0.1, 0.15) is 5.69 Å². The van der Waals surface area contributed by atoms with E-state index in [4.69, 9.17) is 4.74 Å². The average Bonchev–Trinajstić information content (AvgIpc) is 3.32. The molecule has 1 saturated heterocycles. The molecule has 2 aliphatic rings. The van der Waals surface area contributed by atoms with E-state index >= 15 is 0 Å². The fourth-order valence-corrected chi connectivity index (χ4v) is 4.92. The Hall–Kier alpha value is -1.96. The number of carbonyl (C=O) groups is 2. The number of H-pyrrole nitrogens is 1. The molecular formula is C20H25N3O3S. The minimum Gasteiger partial charge on any atom is -0.379 e. The summed E-state index contributed by atoms with van der Waals surface area (Å²) in [6, 6.07) is 4.31. The standard InChI is InChI=1S/C20H25N3O3S/c1-13-18-14(4-2-5-16(18)24)22-19(13)20(25)21-12-15(17-6-3-11-27-17)23-7-9-26-10-8-23/h3,6,11,15,22H,2,4-5,7-10,12H2,1H3,(H,21,25)/t15-/m1/s1. The van der Waals surface area contributed by atoms with Gasteiger partial charge in [0.25, 0.3) is 5.91 Å². The molecule has 4 rings (SSSR count). The van der Waals surface area contributed by atoms with Crippen LogP contribution in [0, 0.1) is 6.92 Å². The van der Waals surface area contributed by atoms with Gasteiger partial charge in [-0.05, 0) is 36.8 Å². The number of thiophene rings is 1. The number of aromatic nitrogens is 1. The molecule has 1 fully saturated rings. The summed E-state index contributed by atoms with van der Waals surface area (Å²) in [5, 5.41) is 5.16. The maximum atomic E-state index is 12.9. The number of fused-ring (bicyclic) bond motifs is 1. The van der Waals surface area contributed by atoms with Crippen LogP contribution in [0.3, 0.4) is 0 Å². The van der Waals surface area contributed by atoms with E-state index < -0.39 is 0 Å². The summed E-state index contributed by atoms with van der Waals surface area (Å²) in [4.78, 5) is 31.9. The number of aromatic amines is 1. The SMILES string of the molecule is Cc1c(C(=O)NC[C@H](c2cccs2)N2CCOCC2)[nH]c2c1C(=O)CCC2. The molecule has 0 spiro atoms. The highest BCUT2D eigenvalue weighted by atomic mass is 32.1. The van der Waals surface area contributed by atoms with Crippen LogP contribution >= 0.6 is 11.3 Å². The van der Waals surface area contributed by atoms with Crippen LogP contribution < -0.4 is 5.32 Å². The quantitative estimate of drug-likeness (QED) is 0.827. The molecule has 1 atom stereocenters. The molecule has 27 heavy (non-hydrogen) atoms. The number of hydrogen-bond acceptors (Lipinski definition) is 5. The van der Waals surface area contributed by atoms with E-state index in [1.807, 2.05) is 13.0 Å². The van der Waals surface area contributed by atoms with Crippen molar-refractivity contribution in [1.82, 2.24) is 15.2 Å². The third kappa shape index (κ3) is 3.72. The van der Waals surface area contributed by atoms with Gasteiger partial charge in [-0.25, -0.2) is 0 Å². The van der Waals surface area contributed by atoms with Gasteiger partial charge in [-0.3, -0.25) is 14.5 Å². The van der Waals surface area contributed by atoms with Crippen LogP contribution in [0.15, 0.2) is 17.5 Å². The topological polar surface area (TPSA) is 74.4 Å². The Labute approximate surface area is 162 Å². The van der Waals surface area contributed by atoms with Crippen LogP contribution in [-0.4, -0.2) is 54.4 Å². The zero-order valence-corrected chi connectivity index (χ0v) is 16.4. The first-order valence-corrected chi connectivity index (χ1v) is 10.4. The van der Waals surface area contributed by atoms with Gasteiger partial charge in [0.2, 0.25) is 0 Å². The first-order valence-electron chi connectivity index (χ1n) is 9.53. The van der Waals surface area contributed by atoms with E-state index in [0.29, 0.717) is 18.7 Å². The minimum atomic E-state index is -0.135. The first kappa shape index (κ1) is 18.4. The summed E-state index contributed by atoms with van der Waals surface area (Å²) in [5.41, 5.74) is 2.96. The summed E-state index contributed by atoms with van der Waals surface area (Å²) in [7, 11) is 0. The molecule has 3 heterocycles. The van der Waals surface area contributed by atoms with E-state index in [0.717, 1.165) is 56.0 Å². The lowest BCUT2D eigenvalue weighted by Crippen LogP contribution is -2.43. The van der Waals surface area contributed by atoms with E-state index in [1.165, 1.54) is 4.88 Å². The Morgan fingerprint density at radius 3 is 2.89 bits per heavy atom. The van der Waals surface area contributed by atoms with Crippen LogP contribution in [0.5, 0.6) is 0 Å². The van der Waals surface area contributed by atoms with Gasteiger partial charge in [0.15, 0.2) is 5.78 Å². The molecule has 0 unspecified atom stereocenters. The normalized spacial score (nSPS) is 18.9. The van der Waals surface area contributed by atoms with E-state index in [2.05, 4.69) is 26.6 Å². The Bertz CT molecular complexity index is 822. The van der Waals surface area contributed by atoms with Gasteiger partial charge < -0.3 is 15.0 Å². The lowest BCUT2D eigenvalue weighted by atomic mass is 9.94. The summed E-state index contributed by atoms with van der Waals surface area (Å²) in [5.74, 6) is 0.0124. The van der Waals surface area contributed by atoms with E-state index in [1.54, 1.807) is 11.3 Å². The number of rotatable bonds is 5. The highest BCUT2D eigenvalue weighted by Gasteiger charge is 2.28. The molecule has 1 aliphatic heterocycles. The number of ether oxygens (including phenoxy) is 1. The van der Waals surface area contributed by atoms with E-state index in [9.17, 15) is 9.59 Å². The van der Waals surface area contributed by atoms with Crippen molar-refractivity contribution in [1.29, 1.82) is 0 Å². The monoisotopic (exact) mass is 387 g/mol. The molecule has 0 radical (unpaired) electrons. The fraction of sp³-hybridized carbons (Fsp3) is 0.500. The van der Waals surface area contributed by atoms with Gasteiger partial charge in [-0.2, -0.15) is 0 Å². The summed E-state index contributed by atoms with van der Waals surface area (Å²) < 4.78 is 5.47. The second-order valence-corrected chi connectivity index (χ2v) is 8.12. The molecule has 1 amide bonds. The van der Waals surface area contributed by atoms with Crippen molar-refractivity contribution in [3.63, 3.8) is 0 Å². The summed E-state index contributed by atoms with van der Waals surface area (Å²) in [6.45, 7) is 5.58. The van der Waals surface area contributed by atoms with Crippen molar-refractivity contribution in [3.8, 4) is 0 Å². The fourth-order valence-electron chi connectivity index (χ4n) is 4.06. The van der Waals surface area contributed by atoms with Gasteiger partial charge in [0.05, 0.1) is 19.3 Å². The van der Waals surface area contributed by atoms with Crippen LogP contribution in [0.25, 0.3) is 0 Å². The number of ketones is 1. The van der Waals surface area contributed by atoms with E-state index in [-0.39, 0.29) is 17.7 Å². The van der Waals surface area contributed by atoms with Gasteiger partial charge in [-0.1, -0.05) is 6.07 Å². The zero-order chi connectivity index (χ0) is 18.8. The maximum absolute atomic E-state index is 12.9. The minimum absolute atomic E-state index is 0.135. The molecule has 7 heteroatoms. The lowest BCUT2D eigenvalue weighted by molar-refractivity contribution is 0.0169. The number of nitrogens with one attached hydrogen (secondary N) is 2. The van der Waals surface area contributed by atoms with Crippen molar-refractivity contribution >= 4 is 23.0 Å². The molecule has 0 aromatic carbocycles. The Morgan fingerprint density at radius 1 is 1.37 bits per heavy atom. The molecule has 2 aromatic rings. The van der Waals surface area contributed by atoms with Crippen LogP contribution in [-0.2, 0) is 11.2 Å². The Morgan fingerprint density at radius 2 is 2.19 bits per heavy atom. The maximum Gasteiger partial charge on any atom is 0.268 e. The Balaban J connectivity index is 1.49. The highest BCUT2D eigenvalue weighted by molar-refractivity contribution is 7.10. The summed E-state index contributed by atoms with van der Waals surface area (Å²) in [6.07, 6.45) is 2.26. The summed E-state index contributed by atoms with van der Waals surface area (Å²) >= 11 is 1.71. The molecular weight excluding hydrogens is 362 g/mol. The van der Waals surface area contributed by atoms with Crippen molar-refractivity contribution in [2.75, 3.05) is 32.8 Å².